The van der Waals surface area contributed by atoms with Crippen molar-refractivity contribution in [3.63, 3.8) is 0 Å². The Kier molecular flexibility index (Phi) is 8.23. The summed E-state index contributed by atoms with van der Waals surface area (Å²) in [6, 6.07) is 16.9. The molecule has 1 aliphatic rings. The average Bonchev–Trinajstić information content (AvgIpc) is 3.39. The van der Waals surface area contributed by atoms with E-state index in [1.807, 2.05) is 24.3 Å². The van der Waals surface area contributed by atoms with Crippen LogP contribution in [-0.4, -0.2) is 47.1 Å². The van der Waals surface area contributed by atoms with Crippen molar-refractivity contribution in [1.82, 2.24) is 20.3 Å². The molecular formula is C30H32FN5O4. The van der Waals surface area contributed by atoms with Gasteiger partial charge in [-0.2, -0.15) is 0 Å². The molecule has 1 N–H and O–H groups in total. The van der Waals surface area contributed by atoms with Crippen LogP contribution in [0.2, 0.25) is 0 Å². The van der Waals surface area contributed by atoms with Gasteiger partial charge >= 0.3 is 0 Å². The second kappa shape index (κ2) is 12.1. The Bertz CT molecular complexity index is 1480. The molecule has 4 aromatic rings. The predicted octanol–water partition coefficient (Wildman–Crippen LogP) is 4.81. The van der Waals surface area contributed by atoms with Gasteiger partial charge in [-0.15, -0.1) is 5.10 Å². The number of aromatic nitrogens is 3. The summed E-state index contributed by atoms with van der Waals surface area (Å²) in [4.78, 5) is 29.6. The Hall–Kier alpha value is -4.47. The van der Waals surface area contributed by atoms with Gasteiger partial charge in [0.1, 0.15) is 23.9 Å². The molecule has 1 aromatic heterocycles. The van der Waals surface area contributed by atoms with Gasteiger partial charge in [0, 0.05) is 17.8 Å². The first kappa shape index (κ1) is 27.1. The van der Waals surface area contributed by atoms with Crippen LogP contribution in [0.4, 0.5) is 10.1 Å². The number of fused-ring (bicyclic) bond motifs is 1. The fourth-order valence-electron chi connectivity index (χ4n) is 5.24. The van der Waals surface area contributed by atoms with E-state index in [0.29, 0.717) is 33.8 Å². The van der Waals surface area contributed by atoms with E-state index in [0.717, 1.165) is 32.1 Å². The van der Waals surface area contributed by atoms with Crippen LogP contribution in [0.25, 0.3) is 11.0 Å². The van der Waals surface area contributed by atoms with Gasteiger partial charge in [-0.1, -0.05) is 48.7 Å². The third-order valence-electron chi connectivity index (χ3n) is 7.26. The van der Waals surface area contributed by atoms with Crippen LogP contribution in [0.1, 0.15) is 43.7 Å². The van der Waals surface area contributed by atoms with Crippen molar-refractivity contribution in [2.24, 2.45) is 0 Å². The summed E-state index contributed by atoms with van der Waals surface area (Å²) in [5.74, 6) is -0.310. The van der Waals surface area contributed by atoms with Crippen LogP contribution in [0, 0.1) is 5.82 Å². The minimum absolute atomic E-state index is 0.00538. The van der Waals surface area contributed by atoms with Gasteiger partial charge in [-0.05, 0) is 54.8 Å². The van der Waals surface area contributed by atoms with E-state index in [4.69, 9.17) is 9.47 Å². The van der Waals surface area contributed by atoms with Gasteiger partial charge in [0.05, 0.1) is 19.7 Å². The average molecular weight is 546 g/mol. The number of hydrogen-bond donors (Lipinski definition) is 1. The molecule has 1 heterocycles. The molecule has 0 bridgehead atoms. The number of halogens is 1. The third kappa shape index (κ3) is 5.75. The second-order valence-corrected chi connectivity index (χ2v) is 9.84. The highest BCUT2D eigenvalue weighted by atomic mass is 19.1. The molecule has 0 radical (unpaired) electrons. The summed E-state index contributed by atoms with van der Waals surface area (Å²) < 4.78 is 26.4. The molecule has 0 unspecified atom stereocenters. The number of benzene rings is 3. The number of anilines is 1. The molecule has 1 atom stereocenters. The van der Waals surface area contributed by atoms with Crippen molar-refractivity contribution in [3.8, 4) is 11.5 Å². The van der Waals surface area contributed by atoms with Gasteiger partial charge in [-0.3, -0.25) is 14.5 Å². The van der Waals surface area contributed by atoms with Crippen molar-refractivity contribution >= 4 is 28.5 Å². The lowest BCUT2D eigenvalue weighted by molar-refractivity contribution is -0.127. The number of ether oxygens (including phenoxy) is 2. The number of carbonyl (C=O) groups is 2. The lowest BCUT2D eigenvalue weighted by Crippen LogP contribution is -2.48. The largest absolute Gasteiger partial charge is 0.493 e. The molecule has 0 aliphatic heterocycles. The maximum Gasteiger partial charge on any atom is 0.249 e. The molecule has 0 spiro atoms. The molecule has 2 amide bonds. The normalized spacial score (nSPS) is 14.5. The zero-order valence-corrected chi connectivity index (χ0v) is 22.5. The molecule has 10 heteroatoms. The highest BCUT2D eigenvalue weighted by molar-refractivity contribution is 6.02. The van der Waals surface area contributed by atoms with E-state index in [1.54, 1.807) is 18.2 Å². The van der Waals surface area contributed by atoms with E-state index >= 15 is 0 Å². The number of nitrogens with zero attached hydrogens (tertiary/aromatic N) is 4. The number of methoxy groups -OCH3 is 2. The molecule has 208 valence electrons. The van der Waals surface area contributed by atoms with Crippen LogP contribution in [-0.2, 0) is 16.1 Å². The number of carbonyl (C=O) groups excluding carboxylic acids is 2. The highest BCUT2D eigenvalue weighted by Gasteiger charge is 2.35. The zero-order chi connectivity index (χ0) is 28.1. The van der Waals surface area contributed by atoms with Gasteiger partial charge in [0.25, 0.3) is 0 Å². The molecule has 0 saturated heterocycles. The molecule has 1 saturated carbocycles. The van der Waals surface area contributed by atoms with Crippen LogP contribution >= 0.6 is 0 Å². The van der Waals surface area contributed by atoms with Gasteiger partial charge in [0.2, 0.25) is 11.8 Å². The van der Waals surface area contributed by atoms with Crippen molar-refractivity contribution in [2.75, 3.05) is 19.1 Å². The lowest BCUT2D eigenvalue weighted by Gasteiger charge is -2.33. The quantitative estimate of drug-likeness (QED) is 0.324. The van der Waals surface area contributed by atoms with Crippen molar-refractivity contribution in [3.05, 3.63) is 78.1 Å². The maximum absolute atomic E-state index is 14.2. The summed E-state index contributed by atoms with van der Waals surface area (Å²) in [5, 5.41) is 11.5. The number of rotatable bonds is 9. The summed E-state index contributed by atoms with van der Waals surface area (Å²) in [6.45, 7) is -0.177. The molecule has 1 aliphatic carbocycles. The second-order valence-electron chi connectivity index (χ2n) is 9.84. The minimum atomic E-state index is -1.08. The number of nitrogens with one attached hydrogen (secondary N) is 1. The summed E-state index contributed by atoms with van der Waals surface area (Å²) >= 11 is 0. The molecule has 9 nitrogen and oxygen atoms in total. The van der Waals surface area contributed by atoms with E-state index in [2.05, 4.69) is 15.6 Å². The van der Waals surface area contributed by atoms with Crippen molar-refractivity contribution < 1.29 is 23.5 Å². The van der Waals surface area contributed by atoms with Crippen LogP contribution < -0.4 is 19.7 Å². The highest BCUT2D eigenvalue weighted by Crippen LogP contribution is 2.36. The Morgan fingerprint density at radius 2 is 1.73 bits per heavy atom. The van der Waals surface area contributed by atoms with E-state index in [1.165, 1.54) is 48.1 Å². The zero-order valence-electron chi connectivity index (χ0n) is 22.5. The number of hydrogen-bond acceptors (Lipinski definition) is 6. The van der Waals surface area contributed by atoms with Gasteiger partial charge < -0.3 is 14.8 Å². The Morgan fingerprint density at radius 1 is 1.00 bits per heavy atom. The monoisotopic (exact) mass is 545 g/mol. The maximum atomic E-state index is 14.2. The first-order valence-electron chi connectivity index (χ1n) is 13.4. The fraction of sp³-hybridized carbons (Fsp3) is 0.333. The Balaban J connectivity index is 1.60. The molecule has 40 heavy (non-hydrogen) atoms. The van der Waals surface area contributed by atoms with Crippen LogP contribution in [0.15, 0.2) is 66.7 Å². The number of amides is 2. The standard InChI is InChI=1S/C30H32FN5O4/c1-39-26-17-16-23(18-27(26)40-2)36(28(37)19-35-25-11-7-6-10-24(25)33-34-35)29(20-12-14-21(31)15-13-20)30(38)32-22-8-4-3-5-9-22/h6-7,10-18,22,29H,3-5,8-9,19H2,1-2H3,(H,32,38)/t29-/m0/s1. The molecule has 3 aromatic carbocycles. The van der Waals surface area contributed by atoms with Crippen LogP contribution in [0.3, 0.4) is 0 Å². The lowest BCUT2D eigenvalue weighted by atomic mass is 9.94. The molecular weight excluding hydrogens is 513 g/mol. The first-order valence-corrected chi connectivity index (χ1v) is 13.4. The molecule has 5 rings (SSSR count). The van der Waals surface area contributed by atoms with Gasteiger partial charge in [-0.25, -0.2) is 9.07 Å². The van der Waals surface area contributed by atoms with E-state index in [-0.39, 0.29) is 18.5 Å². The summed E-state index contributed by atoms with van der Waals surface area (Å²) in [6.07, 6.45) is 4.94. The van der Waals surface area contributed by atoms with Gasteiger partial charge in [0.15, 0.2) is 11.5 Å². The SMILES string of the molecule is COc1ccc(N(C(=O)Cn2nnc3ccccc32)[C@H](C(=O)NC2CCCCC2)c2ccc(F)cc2)cc1OC. The number of para-hydroxylation sites is 1. The Labute approximate surface area is 231 Å². The van der Waals surface area contributed by atoms with E-state index in [9.17, 15) is 14.0 Å². The van der Waals surface area contributed by atoms with Crippen LogP contribution in [0.5, 0.6) is 11.5 Å². The van der Waals surface area contributed by atoms with Crippen molar-refractivity contribution in [1.29, 1.82) is 0 Å². The predicted molar refractivity (Wildman–Crippen MR) is 149 cm³/mol. The smallest absolute Gasteiger partial charge is 0.249 e. The topological polar surface area (TPSA) is 98.6 Å². The van der Waals surface area contributed by atoms with Crippen molar-refractivity contribution in [2.45, 2.75) is 50.7 Å². The Morgan fingerprint density at radius 3 is 2.45 bits per heavy atom. The third-order valence-corrected chi connectivity index (χ3v) is 7.26. The van der Waals surface area contributed by atoms with E-state index < -0.39 is 17.8 Å². The first-order chi connectivity index (χ1) is 19.5. The molecule has 1 fully saturated rings. The minimum Gasteiger partial charge on any atom is -0.493 e. The fourth-order valence-corrected chi connectivity index (χ4v) is 5.24. The summed E-state index contributed by atoms with van der Waals surface area (Å²) in [5.41, 5.74) is 2.23. The summed E-state index contributed by atoms with van der Waals surface area (Å²) in [7, 11) is 3.03.